The van der Waals surface area contributed by atoms with Gasteiger partial charge in [-0.05, 0) is 31.9 Å². The standard InChI is InChI=1S/C15H20N2O2/c1-11(18)14-6-5-12(9-16)8-15(14)17(2)10-13-4-3-7-19-13/h5-6,8,11,13,18H,3-4,7,10H2,1-2H3/t11-,13?/m1/s1. The molecule has 1 unspecified atom stereocenters. The van der Waals surface area contributed by atoms with Crippen molar-refractivity contribution in [2.45, 2.75) is 32.0 Å². The Bertz CT molecular complexity index is 474. The number of hydrogen-bond donors (Lipinski definition) is 1. The second-order valence-corrected chi connectivity index (χ2v) is 5.08. The normalized spacial score (nSPS) is 20.0. The summed E-state index contributed by atoms with van der Waals surface area (Å²) >= 11 is 0. The first-order valence-electron chi connectivity index (χ1n) is 6.66. The molecule has 1 aliphatic heterocycles. The van der Waals surface area contributed by atoms with Gasteiger partial charge in [0.25, 0.3) is 0 Å². The van der Waals surface area contributed by atoms with Crippen LogP contribution in [0, 0.1) is 11.3 Å². The Morgan fingerprint density at radius 1 is 1.58 bits per heavy atom. The van der Waals surface area contributed by atoms with Crippen LogP contribution in [0.3, 0.4) is 0 Å². The zero-order valence-electron chi connectivity index (χ0n) is 11.5. The van der Waals surface area contributed by atoms with Crippen LogP contribution in [-0.2, 0) is 4.74 Å². The highest BCUT2D eigenvalue weighted by molar-refractivity contribution is 5.58. The maximum Gasteiger partial charge on any atom is 0.0992 e. The number of nitrogens with zero attached hydrogens (tertiary/aromatic N) is 2. The number of likely N-dealkylation sites (N-methyl/N-ethyl adjacent to an activating group) is 1. The highest BCUT2D eigenvalue weighted by atomic mass is 16.5. The third-order valence-electron chi connectivity index (χ3n) is 3.52. The SMILES string of the molecule is C[C@@H](O)c1ccc(C#N)cc1N(C)CC1CCCO1. The average molecular weight is 260 g/mol. The third kappa shape index (κ3) is 3.25. The summed E-state index contributed by atoms with van der Waals surface area (Å²) in [4.78, 5) is 2.07. The molecule has 1 fully saturated rings. The van der Waals surface area contributed by atoms with Crippen LogP contribution in [0.2, 0.25) is 0 Å². The monoisotopic (exact) mass is 260 g/mol. The largest absolute Gasteiger partial charge is 0.389 e. The molecule has 1 aromatic rings. The summed E-state index contributed by atoms with van der Waals surface area (Å²) in [6.45, 7) is 3.36. The molecule has 2 atom stereocenters. The summed E-state index contributed by atoms with van der Waals surface area (Å²) < 4.78 is 5.63. The number of ether oxygens (including phenoxy) is 1. The molecule has 0 aliphatic carbocycles. The fourth-order valence-corrected chi connectivity index (χ4v) is 2.49. The molecular formula is C15H20N2O2. The lowest BCUT2D eigenvalue weighted by Gasteiger charge is -2.26. The zero-order valence-corrected chi connectivity index (χ0v) is 11.5. The van der Waals surface area contributed by atoms with Crippen LogP contribution in [0.4, 0.5) is 5.69 Å². The topological polar surface area (TPSA) is 56.5 Å². The molecule has 4 nitrogen and oxygen atoms in total. The van der Waals surface area contributed by atoms with Gasteiger partial charge in [0.15, 0.2) is 0 Å². The molecule has 1 N–H and O–H groups in total. The lowest BCUT2D eigenvalue weighted by Crippen LogP contribution is -2.29. The van der Waals surface area contributed by atoms with Gasteiger partial charge in [-0.2, -0.15) is 5.26 Å². The average Bonchev–Trinajstić information content (AvgIpc) is 2.90. The van der Waals surface area contributed by atoms with Gasteiger partial charge in [-0.3, -0.25) is 0 Å². The Hall–Kier alpha value is -1.57. The first-order valence-corrected chi connectivity index (χ1v) is 6.66. The molecule has 0 bridgehead atoms. The number of benzene rings is 1. The molecule has 102 valence electrons. The molecule has 0 aromatic heterocycles. The van der Waals surface area contributed by atoms with Gasteiger partial charge >= 0.3 is 0 Å². The molecule has 1 aromatic carbocycles. The van der Waals surface area contributed by atoms with Gasteiger partial charge in [0, 0.05) is 31.5 Å². The predicted molar refractivity (Wildman–Crippen MR) is 74.0 cm³/mol. The highest BCUT2D eigenvalue weighted by Crippen LogP contribution is 2.28. The summed E-state index contributed by atoms with van der Waals surface area (Å²) in [5, 5.41) is 18.8. The molecule has 4 heteroatoms. The summed E-state index contributed by atoms with van der Waals surface area (Å²) in [6, 6.07) is 7.54. The third-order valence-corrected chi connectivity index (χ3v) is 3.52. The van der Waals surface area contributed by atoms with E-state index >= 15 is 0 Å². The van der Waals surface area contributed by atoms with Crippen molar-refractivity contribution in [1.82, 2.24) is 0 Å². The van der Waals surface area contributed by atoms with Crippen LogP contribution in [0.25, 0.3) is 0 Å². The van der Waals surface area contributed by atoms with Crippen molar-refractivity contribution in [3.8, 4) is 6.07 Å². The quantitative estimate of drug-likeness (QED) is 0.902. The molecule has 0 radical (unpaired) electrons. The second kappa shape index (κ2) is 6.05. The van der Waals surface area contributed by atoms with E-state index in [2.05, 4.69) is 11.0 Å². The van der Waals surface area contributed by atoms with Gasteiger partial charge in [0.05, 0.1) is 23.8 Å². The van der Waals surface area contributed by atoms with E-state index in [9.17, 15) is 5.11 Å². The molecule has 1 aliphatic rings. The number of aliphatic hydroxyl groups is 1. The minimum atomic E-state index is -0.547. The van der Waals surface area contributed by atoms with E-state index in [4.69, 9.17) is 10.00 Å². The molecule has 0 spiro atoms. The van der Waals surface area contributed by atoms with E-state index in [-0.39, 0.29) is 6.10 Å². The van der Waals surface area contributed by atoms with E-state index in [0.717, 1.165) is 37.2 Å². The van der Waals surface area contributed by atoms with E-state index in [1.54, 1.807) is 13.0 Å². The Morgan fingerprint density at radius 3 is 2.95 bits per heavy atom. The van der Waals surface area contributed by atoms with Crippen molar-refractivity contribution in [2.24, 2.45) is 0 Å². The predicted octanol–water partition coefficient (Wildman–Crippen LogP) is 2.23. The Kier molecular flexibility index (Phi) is 4.41. The summed E-state index contributed by atoms with van der Waals surface area (Å²) in [6.07, 6.45) is 1.89. The molecular weight excluding hydrogens is 240 g/mol. The minimum absolute atomic E-state index is 0.248. The molecule has 0 amide bonds. The Morgan fingerprint density at radius 2 is 2.37 bits per heavy atom. The molecule has 1 saturated heterocycles. The first-order chi connectivity index (χ1) is 9.11. The number of hydrogen-bond acceptors (Lipinski definition) is 4. The smallest absolute Gasteiger partial charge is 0.0992 e. The van der Waals surface area contributed by atoms with Crippen molar-refractivity contribution < 1.29 is 9.84 Å². The fraction of sp³-hybridized carbons (Fsp3) is 0.533. The summed E-state index contributed by atoms with van der Waals surface area (Å²) in [7, 11) is 1.98. The highest BCUT2D eigenvalue weighted by Gasteiger charge is 2.20. The van der Waals surface area contributed by atoms with E-state index in [0.29, 0.717) is 5.56 Å². The molecule has 0 saturated carbocycles. The Labute approximate surface area is 114 Å². The second-order valence-electron chi connectivity index (χ2n) is 5.08. The van der Waals surface area contributed by atoms with Gasteiger partial charge in [-0.1, -0.05) is 6.07 Å². The van der Waals surface area contributed by atoms with Gasteiger partial charge in [-0.25, -0.2) is 0 Å². The zero-order chi connectivity index (χ0) is 13.8. The van der Waals surface area contributed by atoms with Crippen LogP contribution in [-0.4, -0.2) is 31.4 Å². The number of nitriles is 1. The van der Waals surface area contributed by atoms with Gasteiger partial charge in [0.2, 0.25) is 0 Å². The maximum atomic E-state index is 9.84. The van der Waals surface area contributed by atoms with Crippen molar-refractivity contribution in [2.75, 3.05) is 25.1 Å². The molecule has 2 rings (SSSR count). The maximum absolute atomic E-state index is 9.84. The minimum Gasteiger partial charge on any atom is -0.389 e. The van der Waals surface area contributed by atoms with E-state index < -0.39 is 6.10 Å². The summed E-state index contributed by atoms with van der Waals surface area (Å²) in [5.74, 6) is 0. The van der Waals surface area contributed by atoms with Crippen molar-refractivity contribution in [3.63, 3.8) is 0 Å². The van der Waals surface area contributed by atoms with Crippen LogP contribution >= 0.6 is 0 Å². The number of anilines is 1. The van der Waals surface area contributed by atoms with Crippen LogP contribution < -0.4 is 4.90 Å². The van der Waals surface area contributed by atoms with Gasteiger partial charge in [0.1, 0.15) is 0 Å². The number of rotatable bonds is 4. The number of aliphatic hydroxyl groups excluding tert-OH is 1. The lowest BCUT2D eigenvalue weighted by molar-refractivity contribution is 0.116. The van der Waals surface area contributed by atoms with Crippen LogP contribution in [0.1, 0.15) is 37.0 Å². The van der Waals surface area contributed by atoms with Crippen molar-refractivity contribution in [1.29, 1.82) is 5.26 Å². The van der Waals surface area contributed by atoms with Gasteiger partial charge < -0.3 is 14.7 Å². The fourth-order valence-electron chi connectivity index (χ4n) is 2.49. The van der Waals surface area contributed by atoms with E-state index in [1.165, 1.54) is 0 Å². The molecule has 1 heterocycles. The van der Waals surface area contributed by atoms with Crippen molar-refractivity contribution >= 4 is 5.69 Å². The van der Waals surface area contributed by atoms with E-state index in [1.807, 2.05) is 19.2 Å². The van der Waals surface area contributed by atoms with Gasteiger partial charge in [-0.15, -0.1) is 0 Å². The lowest BCUT2D eigenvalue weighted by atomic mass is 10.0. The van der Waals surface area contributed by atoms with Crippen LogP contribution in [0.5, 0.6) is 0 Å². The van der Waals surface area contributed by atoms with Crippen molar-refractivity contribution in [3.05, 3.63) is 29.3 Å². The van der Waals surface area contributed by atoms with Crippen LogP contribution in [0.15, 0.2) is 18.2 Å². The summed E-state index contributed by atoms with van der Waals surface area (Å²) in [5.41, 5.74) is 2.36. The molecule has 19 heavy (non-hydrogen) atoms. The first kappa shape index (κ1) is 13.9. The Balaban J connectivity index is 2.22.